The Morgan fingerprint density at radius 2 is 1.79 bits per heavy atom. The van der Waals surface area contributed by atoms with Crippen molar-refractivity contribution in [2.24, 2.45) is 0 Å². The molecule has 0 spiro atoms. The molecule has 0 aliphatic heterocycles. The molecule has 0 aliphatic rings. The maximum atomic E-state index is 5.87. The summed E-state index contributed by atoms with van der Waals surface area (Å²) in [7, 11) is 0. The van der Waals surface area contributed by atoms with Crippen molar-refractivity contribution in [2.75, 3.05) is 12.5 Å². The lowest BCUT2D eigenvalue weighted by Crippen LogP contribution is -2.13. The summed E-state index contributed by atoms with van der Waals surface area (Å²) < 4.78 is 5.34. The first-order valence-electron chi connectivity index (χ1n) is 3.92. The van der Waals surface area contributed by atoms with Crippen molar-refractivity contribution in [3.63, 3.8) is 0 Å². The van der Waals surface area contributed by atoms with Crippen LogP contribution in [0.15, 0.2) is 18.2 Å². The number of benzene rings is 1. The predicted molar refractivity (Wildman–Crippen MR) is 62.3 cm³/mol. The maximum absolute atomic E-state index is 5.87. The summed E-state index contributed by atoms with van der Waals surface area (Å²) in [5.41, 5.74) is 0. The Morgan fingerprint density at radius 1 is 1.21 bits per heavy atom. The summed E-state index contributed by atoms with van der Waals surface area (Å²) in [6.45, 7) is 0.286. The molecule has 0 saturated carbocycles. The van der Waals surface area contributed by atoms with Crippen molar-refractivity contribution >= 4 is 46.4 Å². The van der Waals surface area contributed by atoms with Gasteiger partial charge in [0.2, 0.25) is 0 Å². The third-order valence-electron chi connectivity index (χ3n) is 1.49. The van der Waals surface area contributed by atoms with Gasteiger partial charge in [0.05, 0.1) is 15.4 Å². The number of hydrogen-bond donors (Lipinski definition) is 0. The van der Waals surface area contributed by atoms with E-state index in [0.717, 1.165) is 0 Å². The molecular formula is C9H8Cl4O. The van der Waals surface area contributed by atoms with E-state index in [1.807, 2.05) is 0 Å². The lowest BCUT2D eigenvalue weighted by atomic mass is 10.3. The van der Waals surface area contributed by atoms with Crippen LogP contribution in [0.25, 0.3) is 0 Å². The lowest BCUT2D eigenvalue weighted by Gasteiger charge is -2.11. The fraction of sp³-hybridized carbons (Fsp3) is 0.333. The topological polar surface area (TPSA) is 9.23 Å². The summed E-state index contributed by atoms with van der Waals surface area (Å²) in [6.07, 6.45) is 0. The van der Waals surface area contributed by atoms with Crippen LogP contribution >= 0.6 is 46.4 Å². The number of ether oxygens (including phenoxy) is 1. The van der Waals surface area contributed by atoms with Gasteiger partial charge in [0.1, 0.15) is 6.61 Å². The Bertz CT molecular complexity index is 283. The minimum absolute atomic E-state index is 0.246. The molecule has 1 rings (SSSR count). The lowest BCUT2D eigenvalue weighted by molar-refractivity contribution is 0.321. The molecule has 1 nitrogen and oxygen atoms in total. The van der Waals surface area contributed by atoms with Gasteiger partial charge in [-0.25, -0.2) is 0 Å². The van der Waals surface area contributed by atoms with E-state index in [0.29, 0.717) is 21.7 Å². The van der Waals surface area contributed by atoms with Gasteiger partial charge in [0.15, 0.2) is 5.75 Å². The second-order valence-electron chi connectivity index (χ2n) is 2.61. The van der Waals surface area contributed by atoms with E-state index in [2.05, 4.69) is 0 Å². The number of halogens is 4. The van der Waals surface area contributed by atoms with Gasteiger partial charge in [0.25, 0.3) is 0 Å². The molecule has 1 aromatic carbocycles. The molecule has 0 N–H and O–H groups in total. The molecule has 0 heterocycles. The standard InChI is InChI=1S/C9H8Cl4O/c10-4-6(11)5-14-9-7(12)2-1-3-8(9)13/h1-3,6H,4-5H2. The minimum atomic E-state index is -0.246. The third kappa shape index (κ3) is 3.39. The maximum Gasteiger partial charge on any atom is 0.156 e. The van der Waals surface area contributed by atoms with E-state index in [1.165, 1.54) is 0 Å². The first-order valence-corrected chi connectivity index (χ1v) is 5.64. The van der Waals surface area contributed by atoms with E-state index < -0.39 is 0 Å². The SMILES string of the molecule is ClCC(Cl)COc1c(Cl)cccc1Cl. The molecule has 78 valence electrons. The molecule has 0 aromatic heterocycles. The number of alkyl halides is 2. The molecule has 1 aromatic rings. The van der Waals surface area contributed by atoms with Crippen LogP contribution in [-0.2, 0) is 0 Å². The Balaban J connectivity index is 2.66. The van der Waals surface area contributed by atoms with Gasteiger partial charge in [-0.2, -0.15) is 0 Å². The highest BCUT2D eigenvalue weighted by Crippen LogP contribution is 2.32. The molecule has 0 fully saturated rings. The Hall–Kier alpha value is 0.180. The highest BCUT2D eigenvalue weighted by Gasteiger charge is 2.09. The quantitative estimate of drug-likeness (QED) is 0.747. The summed E-state index contributed by atoms with van der Waals surface area (Å²) >= 11 is 23.0. The van der Waals surface area contributed by atoms with Crippen molar-refractivity contribution in [3.8, 4) is 5.75 Å². The van der Waals surface area contributed by atoms with Gasteiger partial charge in [-0.05, 0) is 12.1 Å². The highest BCUT2D eigenvalue weighted by atomic mass is 35.5. The minimum Gasteiger partial charge on any atom is -0.489 e. The van der Waals surface area contributed by atoms with Crippen LogP contribution in [0.5, 0.6) is 5.75 Å². The molecule has 0 aliphatic carbocycles. The van der Waals surface area contributed by atoms with Crippen molar-refractivity contribution in [1.82, 2.24) is 0 Å². The fourth-order valence-corrected chi connectivity index (χ4v) is 1.50. The van der Waals surface area contributed by atoms with Gasteiger partial charge in [-0.15, -0.1) is 23.2 Å². The summed E-state index contributed by atoms with van der Waals surface area (Å²) in [5.74, 6) is 0.774. The second kappa shape index (κ2) is 5.92. The highest BCUT2D eigenvalue weighted by molar-refractivity contribution is 6.37. The van der Waals surface area contributed by atoms with Crippen LogP contribution in [0.3, 0.4) is 0 Å². The monoisotopic (exact) mass is 272 g/mol. The van der Waals surface area contributed by atoms with Gasteiger partial charge >= 0.3 is 0 Å². The van der Waals surface area contributed by atoms with E-state index in [4.69, 9.17) is 51.1 Å². The molecule has 0 bridgehead atoms. The van der Waals surface area contributed by atoms with E-state index in [9.17, 15) is 0 Å². The van der Waals surface area contributed by atoms with Crippen molar-refractivity contribution in [2.45, 2.75) is 5.38 Å². The summed E-state index contributed by atoms with van der Waals surface area (Å²) in [6, 6.07) is 5.15. The molecule has 5 heteroatoms. The first-order chi connectivity index (χ1) is 6.65. The third-order valence-corrected chi connectivity index (χ3v) is 2.90. The first kappa shape index (κ1) is 12.3. The Morgan fingerprint density at radius 3 is 2.29 bits per heavy atom. The fourth-order valence-electron chi connectivity index (χ4n) is 0.839. The van der Waals surface area contributed by atoms with Crippen LogP contribution in [0.4, 0.5) is 0 Å². The zero-order valence-corrected chi connectivity index (χ0v) is 10.2. The van der Waals surface area contributed by atoms with Crippen molar-refractivity contribution in [1.29, 1.82) is 0 Å². The van der Waals surface area contributed by atoms with Crippen LogP contribution in [0.1, 0.15) is 0 Å². The van der Waals surface area contributed by atoms with Crippen LogP contribution in [0, 0.1) is 0 Å². The van der Waals surface area contributed by atoms with Crippen LogP contribution in [-0.4, -0.2) is 17.9 Å². The van der Waals surface area contributed by atoms with Gasteiger partial charge in [-0.3, -0.25) is 0 Å². The van der Waals surface area contributed by atoms with Crippen LogP contribution < -0.4 is 4.74 Å². The smallest absolute Gasteiger partial charge is 0.156 e. The molecule has 0 radical (unpaired) electrons. The van der Waals surface area contributed by atoms with Gasteiger partial charge in [-0.1, -0.05) is 29.3 Å². The predicted octanol–water partition coefficient (Wildman–Crippen LogP) is 4.22. The summed E-state index contributed by atoms with van der Waals surface area (Å²) in [4.78, 5) is 0. The number of hydrogen-bond acceptors (Lipinski definition) is 1. The summed E-state index contributed by atoms with van der Waals surface area (Å²) in [5, 5.41) is 0.691. The van der Waals surface area contributed by atoms with Crippen molar-refractivity contribution < 1.29 is 4.74 Å². The average molecular weight is 274 g/mol. The second-order valence-corrected chi connectivity index (χ2v) is 4.35. The van der Waals surface area contributed by atoms with E-state index in [-0.39, 0.29) is 12.0 Å². The largest absolute Gasteiger partial charge is 0.489 e. The Labute approximate surface area is 103 Å². The van der Waals surface area contributed by atoms with E-state index in [1.54, 1.807) is 18.2 Å². The van der Waals surface area contributed by atoms with Crippen molar-refractivity contribution in [3.05, 3.63) is 28.2 Å². The van der Waals surface area contributed by atoms with Gasteiger partial charge < -0.3 is 4.74 Å². The van der Waals surface area contributed by atoms with Crippen LogP contribution in [0.2, 0.25) is 10.0 Å². The Kier molecular flexibility index (Phi) is 5.18. The molecule has 14 heavy (non-hydrogen) atoms. The normalized spacial score (nSPS) is 12.6. The zero-order chi connectivity index (χ0) is 10.6. The molecule has 0 saturated heterocycles. The molecular weight excluding hydrogens is 266 g/mol. The molecule has 1 atom stereocenters. The molecule has 1 unspecified atom stereocenters. The molecule has 0 amide bonds. The van der Waals surface area contributed by atoms with E-state index >= 15 is 0 Å². The zero-order valence-electron chi connectivity index (χ0n) is 7.14. The average Bonchev–Trinajstić information content (AvgIpc) is 2.16. The number of rotatable bonds is 4. The van der Waals surface area contributed by atoms with Gasteiger partial charge in [0, 0.05) is 5.88 Å². The number of para-hydroxylation sites is 1.